The van der Waals surface area contributed by atoms with Crippen LogP contribution in [0.25, 0.3) is 11.4 Å². The minimum atomic E-state index is 0.225. The van der Waals surface area contributed by atoms with Crippen LogP contribution >= 0.6 is 0 Å². The molecule has 0 amide bonds. The monoisotopic (exact) mass is 261 g/mol. The first-order valence-electron chi connectivity index (χ1n) is 6.51. The highest BCUT2D eigenvalue weighted by Gasteiger charge is 2.10. The molecule has 0 aliphatic rings. The van der Waals surface area contributed by atoms with Crippen LogP contribution in [-0.4, -0.2) is 21.8 Å². The zero-order valence-electron chi connectivity index (χ0n) is 11.0. The summed E-state index contributed by atoms with van der Waals surface area (Å²) < 4.78 is 5.22. The first-order valence-corrected chi connectivity index (χ1v) is 6.51. The second-order valence-electron chi connectivity index (χ2n) is 4.78. The first kappa shape index (κ1) is 13.5. The van der Waals surface area contributed by atoms with Gasteiger partial charge in [0, 0.05) is 12.0 Å². The molecule has 0 saturated heterocycles. The lowest BCUT2D eigenvalue weighted by Crippen LogP contribution is -2.06. The molecule has 0 fully saturated rings. The largest absolute Gasteiger partial charge is 0.508 e. The molecule has 5 heteroatoms. The van der Waals surface area contributed by atoms with Crippen LogP contribution < -0.4 is 5.73 Å². The second kappa shape index (κ2) is 6.33. The Bertz CT molecular complexity index is 508. The van der Waals surface area contributed by atoms with Gasteiger partial charge in [0.25, 0.3) is 0 Å². The molecule has 0 aliphatic carbocycles. The number of nitrogens with two attached hydrogens (primary N) is 1. The van der Waals surface area contributed by atoms with Gasteiger partial charge in [-0.3, -0.25) is 0 Å². The smallest absolute Gasteiger partial charge is 0.226 e. The maximum atomic E-state index is 9.23. The first-order chi connectivity index (χ1) is 9.19. The van der Waals surface area contributed by atoms with E-state index >= 15 is 0 Å². The van der Waals surface area contributed by atoms with E-state index in [0.29, 0.717) is 24.2 Å². The lowest BCUT2D eigenvalue weighted by Gasteiger charge is -2.06. The van der Waals surface area contributed by atoms with Crippen molar-refractivity contribution in [3.8, 4) is 17.1 Å². The summed E-state index contributed by atoms with van der Waals surface area (Å²) in [6, 6.07) is 6.74. The van der Waals surface area contributed by atoms with E-state index in [2.05, 4.69) is 17.1 Å². The summed E-state index contributed by atoms with van der Waals surface area (Å²) in [5, 5.41) is 13.2. The number of benzene rings is 1. The van der Waals surface area contributed by atoms with Gasteiger partial charge in [0.05, 0.1) is 0 Å². The Labute approximate surface area is 112 Å². The Morgan fingerprint density at radius 1 is 1.26 bits per heavy atom. The molecule has 1 heterocycles. The van der Waals surface area contributed by atoms with Gasteiger partial charge >= 0.3 is 0 Å². The molecule has 1 unspecified atom stereocenters. The number of hydrogen-bond donors (Lipinski definition) is 2. The fourth-order valence-corrected chi connectivity index (χ4v) is 1.88. The molecule has 0 saturated carbocycles. The number of nitrogens with zero attached hydrogens (tertiary/aromatic N) is 2. The minimum absolute atomic E-state index is 0.225. The number of rotatable bonds is 6. The van der Waals surface area contributed by atoms with Crippen LogP contribution in [0.2, 0.25) is 0 Å². The molecule has 5 nitrogen and oxygen atoms in total. The topological polar surface area (TPSA) is 85.2 Å². The second-order valence-corrected chi connectivity index (χ2v) is 4.78. The van der Waals surface area contributed by atoms with Gasteiger partial charge in [-0.05, 0) is 49.6 Å². The van der Waals surface area contributed by atoms with Crippen molar-refractivity contribution in [3.63, 3.8) is 0 Å². The zero-order valence-corrected chi connectivity index (χ0v) is 11.0. The van der Waals surface area contributed by atoms with Crippen molar-refractivity contribution in [2.24, 2.45) is 11.7 Å². The lowest BCUT2D eigenvalue weighted by atomic mass is 10.0. The number of hydrogen-bond acceptors (Lipinski definition) is 5. The maximum Gasteiger partial charge on any atom is 0.226 e. The molecule has 1 aromatic carbocycles. The molecular formula is C14H19N3O2. The van der Waals surface area contributed by atoms with Crippen molar-refractivity contribution < 1.29 is 9.63 Å². The van der Waals surface area contributed by atoms with E-state index in [-0.39, 0.29) is 5.75 Å². The van der Waals surface area contributed by atoms with E-state index in [0.717, 1.165) is 24.8 Å². The summed E-state index contributed by atoms with van der Waals surface area (Å²) in [6.45, 7) is 2.88. The highest BCUT2D eigenvalue weighted by Crippen LogP contribution is 2.20. The SMILES string of the molecule is CC(CCN)CCc1nc(-c2ccc(O)cc2)no1. The summed E-state index contributed by atoms with van der Waals surface area (Å²) >= 11 is 0. The van der Waals surface area contributed by atoms with Gasteiger partial charge in [0.1, 0.15) is 5.75 Å². The normalized spacial score (nSPS) is 12.5. The van der Waals surface area contributed by atoms with E-state index in [9.17, 15) is 5.11 Å². The van der Waals surface area contributed by atoms with E-state index in [1.54, 1.807) is 24.3 Å². The number of aromatic nitrogens is 2. The molecule has 1 aromatic heterocycles. The van der Waals surface area contributed by atoms with E-state index in [1.807, 2.05) is 0 Å². The third-order valence-corrected chi connectivity index (χ3v) is 3.10. The van der Waals surface area contributed by atoms with E-state index < -0.39 is 0 Å². The fourth-order valence-electron chi connectivity index (χ4n) is 1.88. The van der Waals surface area contributed by atoms with Crippen molar-refractivity contribution in [3.05, 3.63) is 30.2 Å². The third-order valence-electron chi connectivity index (χ3n) is 3.10. The number of phenolic OH excluding ortho intramolecular Hbond substituents is 1. The number of phenols is 1. The Balaban J connectivity index is 1.97. The van der Waals surface area contributed by atoms with Crippen LogP contribution in [0.15, 0.2) is 28.8 Å². The van der Waals surface area contributed by atoms with Crippen LogP contribution in [-0.2, 0) is 6.42 Å². The Morgan fingerprint density at radius 3 is 2.68 bits per heavy atom. The third kappa shape index (κ3) is 3.79. The highest BCUT2D eigenvalue weighted by molar-refractivity contribution is 5.55. The average molecular weight is 261 g/mol. The van der Waals surface area contributed by atoms with Crippen LogP contribution in [0.3, 0.4) is 0 Å². The Hall–Kier alpha value is -1.88. The van der Waals surface area contributed by atoms with Gasteiger partial charge in [-0.25, -0.2) is 0 Å². The molecule has 0 spiro atoms. The average Bonchev–Trinajstić information content (AvgIpc) is 2.86. The van der Waals surface area contributed by atoms with Crippen molar-refractivity contribution in [2.45, 2.75) is 26.2 Å². The van der Waals surface area contributed by atoms with Crippen molar-refractivity contribution in [1.29, 1.82) is 0 Å². The molecule has 102 valence electrons. The van der Waals surface area contributed by atoms with Crippen molar-refractivity contribution >= 4 is 0 Å². The van der Waals surface area contributed by atoms with Crippen LogP contribution in [0.1, 0.15) is 25.7 Å². The summed E-state index contributed by atoms with van der Waals surface area (Å²) in [5.74, 6) is 1.99. The van der Waals surface area contributed by atoms with Crippen molar-refractivity contribution in [2.75, 3.05) is 6.54 Å². The molecule has 1 atom stereocenters. The molecular weight excluding hydrogens is 242 g/mol. The summed E-state index contributed by atoms with van der Waals surface area (Å²) in [7, 11) is 0. The van der Waals surface area contributed by atoms with Gasteiger partial charge < -0.3 is 15.4 Å². The molecule has 0 radical (unpaired) electrons. The maximum absolute atomic E-state index is 9.23. The lowest BCUT2D eigenvalue weighted by molar-refractivity contribution is 0.362. The molecule has 0 bridgehead atoms. The summed E-state index contributed by atoms with van der Waals surface area (Å²) in [4.78, 5) is 4.35. The van der Waals surface area contributed by atoms with Gasteiger partial charge in [0.15, 0.2) is 0 Å². The van der Waals surface area contributed by atoms with Crippen LogP contribution in [0.5, 0.6) is 5.75 Å². The van der Waals surface area contributed by atoms with Gasteiger partial charge in [-0.1, -0.05) is 12.1 Å². The molecule has 19 heavy (non-hydrogen) atoms. The molecule has 3 N–H and O–H groups in total. The van der Waals surface area contributed by atoms with Gasteiger partial charge in [-0.15, -0.1) is 0 Å². The summed E-state index contributed by atoms with van der Waals surface area (Å²) in [6.07, 6.45) is 2.78. The standard InChI is InChI=1S/C14H19N3O2/c1-10(8-9-15)2-7-13-16-14(17-19-13)11-3-5-12(18)6-4-11/h3-6,10,18H,2,7-9,15H2,1H3. The fraction of sp³-hybridized carbons (Fsp3) is 0.429. The molecule has 2 aromatic rings. The predicted molar refractivity (Wildman–Crippen MR) is 72.6 cm³/mol. The number of aryl methyl sites for hydroxylation is 1. The quantitative estimate of drug-likeness (QED) is 0.833. The highest BCUT2D eigenvalue weighted by atomic mass is 16.5. The molecule has 0 aliphatic heterocycles. The van der Waals surface area contributed by atoms with Crippen molar-refractivity contribution in [1.82, 2.24) is 10.1 Å². The summed E-state index contributed by atoms with van der Waals surface area (Å²) in [5.41, 5.74) is 6.35. The van der Waals surface area contributed by atoms with Gasteiger partial charge in [0.2, 0.25) is 11.7 Å². The predicted octanol–water partition coefficient (Wildman–Crippen LogP) is 2.36. The Kier molecular flexibility index (Phi) is 4.52. The van der Waals surface area contributed by atoms with Crippen LogP contribution in [0, 0.1) is 5.92 Å². The Morgan fingerprint density at radius 2 is 2.00 bits per heavy atom. The zero-order chi connectivity index (χ0) is 13.7. The molecule has 2 rings (SSSR count). The van der Waals surface area contributed by atoms with Gasteiger partial charge in [-0.2, -0.15) is 4.98 Å². The van der Waals surface area contributed by atoms with E-state index in [4.69, 9.17) is 10.3 Å². The van der Waals surface area contributed by atoms with Crippen LogP contribution in [0.4, 0.5) is 0 Å². The number of aromatic hydroxyl groups is 1. The minimum Gasteiger partial charge on any atom is -0.508 e. The van der Waals surface area contributed by atoms with E-state index in [1.165, 1.54) is 0 Å².